The first-order valence-corrected chi connectivity index (χ1v) is 6.17. The van der Waals surface area contributed by atoms with Gasteiger partial charge in [-0.25, -0.2) is 0 Å². The number of alkyl halides is 3. The van der Waals surface area contributed by atoms with Crippen molar-refractivity contribution in [3.05, 3.63) is 53.6 Å². The Morgan fingerprint density at radius 3 is 2.32 bits per heavy atom. The van der Waals surface area contributed by atoms with E-state index >= 15 is 0 Å². The van der Waals surface area contributed by atoms with Gasteiger partial charge in [-0.1, -0.05) is 6.07 Å². The number of phenolic OH excluding ortho intramolecular Hbond substituents is 1. The Morgan fingerprint density at radius 1 is 1.14 bits per heavy atom. The highest BCUT2D eigenvalue weighted by atomic mass is 19.4. The fourth-order valence-electron chi connectivity index (χ4n) is 1.85. The van der Waals surface area contributed by atoms with Gasteiger partial charge in [0.1, 0.15) is 17.1 Å². The molecule has 22 heavy (non-hydrogen) atoms. The summed E-state index contributed by atoms with van der Waals surface area (Å²) in [6, 6.07) is 8.28. The Balaban J connectivity index is 2.23. The van der Waals surface area contributed by atoms with Crippen molar-refractivity contribution in [2.75, 3.05) is 12.4 Å². The van der Waals surface area contributed by atoms with Crippen LogP contribution in [0.1, 0.15) is 15.9 Å². The molecule has 1 amide bonds. The van der Waals surface area contributed by atoms with E-state index < -0.39 is 17.6 Å². The van der Waals surface area contributed by atoms with Gasteiger partial charge >= 0.3 is 6.18 Å². The average Bonchev–Trinajstić information content (AvgIpc) is 2.46. The minimum Gasteiger partial charge on any atom is -0.507 e. The number of rotatable bonds is 3. The van der Waals surface area contributed by atoms with Gasteiger partial charge in [0, 0.05) is 5.69 Å². The van der Waals surface area contributed by atoms with Crippen LogP contribution in [0.5, 0.6) is 11.5 Å². The lowest BCUT2D eigenvalue weighted by Gasteiger charge is -2.11. The number of benzene rings is 2. The smallest absolute Gasteiger partial charge is 0.416 e. The number of anilines is 1. The molecule has 2 N–H and O–H groups in total. The maximum atomic E-state index is 12.5. The molecule has 0 aliphatic carbocycles. The molecule has 0 aromatic heterocycles. The van der Waals surface area contributed by atoms with E-state index in [1.54, 1.807) is 0 Å². The van der Waals surface area contributed by atoms with E-state index in [0.717, 1.165) is 24.3 Å². The fourth-order valence-corrected chi connectivity index (χ4v) is 1.85. The highest BCUT2D eigenvalue weighted by Crippen LogP contribution is 2.31. The predicted octanol–water partition coefficient (Wildman–Crippen LogP) is 3.67. The number of aromatic hydroxyl groups is 1. The third-order valence-corrected chi connectivity index (χ3v) is 2.92. The maximum Gasteiger partial charge on any atom is 0.416 e. The number of hydrogen-bond donors (Lipinski definition) is 2. The van der Waals surface area contributed by atoms with Gasteiger partial charge in [0.05, 0.1) is 12.7 Å². The zero-order chi connectivity index (χ0) is 16.3. The second-order valence-corrected chi connectivity index (χ2v) is 4.38. The number of methoxy groups -OCH3 is 1. The van der Waals surface area contributed by atoms with Crippen LogP contribution in [-0.2, 0) is 6.18 Å². The van der Waals surface area contributed by atoms with Crippen LogP contribution in [-0.4, -0.2) is 18.1 Å². The van der Waals surface area contributed by atoms with Crippen molar-refractivity contribution in [3.63, 3.8) is 0 Å². The van der Waals surface area contributed by atoms with Crippen LogP contribution < -0.4 is 10.1 Å². The van der Waals surface area contributed by atoms with Crippen LogP contribution in [0.4, 0.5) is 18.9 Å². The second-order valence-electron chi connectivity index (χ2n) is 4.38. The third-order valence-electron chi connectivity index (χ3n) is 2.92. The summed E-state index contributed by atoms with van der Waals surface area (Å²) in [4.78, 5) is 12.1. The standard InChI is InChI=1S/C15H12F3NO3/c1-22-12-4-2-3-11(20)13(12)14(21)19-10-7-5-9(6-8-10)15(16,17)18/h2-8,20H,1H3,(H,19,21). The molecular weight excluding hydrogens is 299 g/mol. The van der Waals surface area contributed by atoms with Gasteiger partial charge in [-0.05, 0) is 36.4 Å². The monoisotopic (exact) mass is 311 g/mol. The van der Waals surface area contributed by atoms with Crippen molar-refractivity contribution in [2.24, 2.45) is 0 Å². The van der Waals surface area contributed by atoms with Crippen LogP contribution in [0, 0.1) is 0 Å². The number of phenols is 1. The second kappa shape index (κ2) is 5.97. The summed E-state index contributed by atoms with van der Waals surface area (Å²) in [7, 11) is 1.34. The van der Waals surface area contributed by atoms with Crippen LogP contribution in [0.25, 0.3) is 0 Å². The largest absolute Gasteiger partial charge is 0.507 e. The molecule has 0 spiro atoms. The van der Waals surface area contributed by atoms with E-state index in [4.69, 9.17) is 4.74 Å². The first-order valence-electron chi connectivity index (χ1n) is 6.17. The molecule has 0 unspecified atom stereocenters. The van der Waals surface area contributed by atoms with Gasteiger partial charge in [0.25, 0.3) is 5.91 Å². The van der Waals surface area contributed by atoms with Crippen molar-refractivity contribution < 1.29 is 27.8 Å². The maximum absolute atomic E-state index is 12.5. The molecule has 4 nitrogen and oxygen atoms in total. The van der Waals surface area contributed by atoms with Gasteiger partial charge in [-0.3, -0.25) is 4.79 Å². The number of halogens is 3. The number of carbonyl (C=O) groups is 1. The SMILES string of the molecule is COc1cccc(O)c1C(=O)Nc1ccc(C(F)(F)F)cc1. The molecule has 0 atom stereocenters. The summed E-state index contributed by atoms with van der Waals surface area (Å²) in [6.45, 7) is 0. The molecule has 0 saturated heterocycles. The molecule has 116 valence electrons. The lowest BCUT2D eigenvalue weighted by atomic mass is 10.1. The van der Waals surface area contributed by atoms with Gasteiger partial charge in [0.2, 0.25) is 0 Å². The first-order chi connectivity index (χ1) is 10.3. The van der Waals surface area contributed by atoms with Gasteiger partial charge in [-0.15, -0.1) is 0 Å². The minimum absolute atomic E-state index is 0.0927. The minimum atomic E-state index is -4.44. The quantitative estimate of drug-likeness (QED) is 0.909. The zero-order valence-electron chi connectivity index (χ0n) is 11.4. The summed E-state index contributed by atoms with van der Waals surface area (Å²) in [6.07, 6.45) is -4.44. The van der Waals surface area contributed by atoms with Gasteiger partial charge in [0.15, 0.2) is 0 Å². The van der Waals surface area contributed by atoms with Crippen LogP contribution in [0.2, 0.25) is 0 Å². The van der Waals surface area contributed by atoms with Gasteiger partial charge in [-0.2, -0.15) is 13.2 Å². The van der Waals surface area contributed by atoms with Crippen molar-refractivity contribution in [3.8, 4) is 11.5 Å². The van der Waals surface area contributed by atoms with Crippen molar-refractivity contribution in [1.82, 2.24) is 0 Å². The zero-order valence-corrected chi connectivity index (χ0v) is 11.4. The number of carbonyl (C=O) groups excluding carboxylic acids is 1. The van der Waals surface area contributed by atoms with Crippen molar-refractivity contribution in [1.29, 1.82) is 0 Å². The molecule has 0 fully saturated rings. The molecule has 0 radical (unpaired) electrons. The average molecular weight is 311 g/mol. The summed E-state index contributed by atoms with van der Waals surface area (Å²) in [5.41, 5.74) is -0.737. The Kier molecular flexibility index (Phi) is 4.25. The van der Waals surface area contributed by atoms with E-state index in [0.29, 0.717) is 0 Å². The molecule has 0 heterocycles. The molecule has 2 aromatic carbocycles. The van der Waals surface area contributed by atoms with Crippen LogP contribution in [0.15, 0.2) is 42.5 Å². The summed E-state index contributed by atoms with van der Waals surface area (Å²) in [5, 5.41) is 12.1. The molecule has 2 rings (SSSR count). The number of amides is 1. The Hall–Kier alpha value is -2.70. The van der Waals surface area contributed by atoms with E-state index in [2.05, 4.69) is 5.32 Å². The lowest BCUT2D eigenvalue weighted by molar-refractivity contribution is -0.137. The number of hydrogen-bond acceptors (Lipinski definition) is 3. The highest BCUT2D eigenvalue weighted by Gasteiger charge is 2.30. The van der Waals surface area contributed by atoms with Crippen LogP contribution in [0.3, 0.4) is 0 Å². The van der Waals surface area contributed by atoms with Crippen molar-refractivity contribution in [2.45, 2.75) is 6.18 Å². The molecule has 0 aliphatic rings. The normalized spacial score (nSPS) is 11.1. The summed E-state index contributed by atoms with van der Waals surface area (Å²) in [5.74, 6) is -0.817. The number of nitrogens with one attached hydrogen (secondary N) is 1. The molecule has 0 saturated carbocycles. The first kappa shape index (κ1) is 15.7. The van der Waals surface area contributed by atoms with E-state index in [1.807, 2.05) is 0 Å². The highest BCUT2D eigenvalue weighted by molar-refractivity contribution is 6.08. The molecule has 7 heteroatoms. The lowest BCUT2D eigenvalue weighted by Crippen LogP contribution is -2.14. The molecule has 0 bridgehead atoms. The molecule has 0 aliphatic heterocycles. The van der Waals surface area contributed by atoms with Crippen LogP contribution >= 0.6 is 0 Å². The molecule has 2 aromatic rings. The van der Waals surface area contributed by atoms with E-state index in [1.165, 1.54) is 25.3 Å². The Bertz CT molecular complexity index is 681. The van der Waals surface area contributed by atoms with E-state index in [-0.39, 0.29) is 22.7 Å². The van der Waals surface area contributed by atoms with E-state index in [9.17, 15) is 23.1 Å². The molecular formula is C15H12F3NO3. The Labute approximate surface area is 124 Å². The van der Waals surface area contributed by atoms with Crippen molar-refractivity contribution >= 4 is 11.6 Å². The predicted molar refractivity (Wildman–Crippen MR) is 74.1 cm³/mol. The summed E-state index contributed by atoms with van der Waals surface area (Å²) < 4.78 is 42.4. The topological polar surface area (TPSA) is 58.6 Å². The number of ether oxygens (including phenoxy) is 1. The third kappa shape index (κ3) is 3.30. The Morgan fingerprint density at radius 2 is 1.77 bits per heavy atom. The summed E-state index contributed by atoms with van der Waals surface area (Å²) >= 11 is 0. The fraction of sp³-hybridized carbons (Fsp3) is 0.133. The van der Waals surface area contributed by atoms with Gasteiger partial charge < -0.3 is 15.2 Å².